The molecule has 2 saturated heterocycles. The Kier molecular flexibility index (Phi) is 4.84. The fourth-order valence-electron chi connectivity index (χ4n) is 3.86. The number of hydrogen-bond donors (Lipinski definition) is 1. The van der Waals surface area contributed by atoms with E-state index in [1.807, 2.05) is 6.07 Å². The van der Waals surface area contributed by atoms with E-state index in [1.165, 1.54) is 0 Å². The molecule has 0 aromatic heterocycles. The van der Waals surface area contributed by atoms with Gasteiger partial charge in [0.25, 0.3) is 5.91 Å². The second-order valence-corrected chi connectivity index (χ2v) is 7.43. The van der Waals surface area contributed by atoms with Crippen molar-refractivity contribution in [3.05, 3.63) is 24.3 Å². The number of methoxy groups -OCH3 is 1. The van der Waals surface area contributed by atoms with Gasteiger partial charge in [-0.2, -0.15) is 0 Å². The van der Waals surface area contributed by atoms with E-state index >= 15 is 0 Å². The lowest BCUT2D eigenvalue weighted by Gasteiger charge is -2.34. The Balaban J connectivity index is 1.79. The highest BCUT2D eigenvalue weighted by Crippen LogP contribution is 2.43. The van der Waals surface area contributed by atoms with Gasteiger partial charge in [0.05, 0.1) is 19.1 Å². The van der Waals surface area contributed by atoms with E-state index in [-0.39, 0.29) is 18.4 Å². The highest BCUT2D eigenvalue weighted by molar-refractivity contribution is 5.87. The van der Waals surface area contributed by atoms with Crippen LogP contribution < -0.4 is 9.47 Å². The van der Waals surface area contributed by atoms with Crippen LogP contribution >= 0.6 is 0 Å². The van der Waals surface area contributed by atoms with E-state index in [1.54, 1.807) is 44.1 Å². The van der Waals surface area contributed by atoms with Crippen molar-refractivity contribution in [2.45, 2.75) is 25.9 Å². The van der Waals surface area contributed by atoms with Crippen LogP contribution in [0.3, 0.4) is 0 Å². The molecule has 7 nitrogen and oxygen atoms in total. The maximum absolute atomic E-state index is 13.1. The first-order chi connectivity index (χ1) is 12.3. The molecule has 0 bridgehead atoms. The average Bonchev–Trinajstić information content (AvgIpc) is 3.02. The Labute approximate surface area is 152 Å². The molecule has 0 spiro atoms. The molecule has 0 radical (unpaired) electrons. The molecule has 1 aromatic carbocycles. The molecular weight excluding hydrogens is 338 g/mol. The van der Waals surface area contributed by atoms with Crippen LogP contribution in [0.1, 0.15) is 20.3 Å². The molecule has 3 rings (SSSR count). The number of likely N-dealkylation sites (tertiary alicyclic amines) is 1. The lowest BCUT2D eigenvalue weighted by atomic mass is 9.74. The molecular formula is C19H25NO6. The third kappa shape index (κ3) is 3.11. The van der Waals surface area contributed by atoms with Gasteiger partial charge < -0.3 is 24.2 Å². The number of nitrogens with zero attached hydrogens (tertiary/aromatic N) is 1. The fourth-order valence-corrected chi connectivity index (χ4v) is 3.86. The Hall–Kier alpha value is -2.28. The van der Waals surface area contributed by atoms with Gasteiger partial charge in [-0.05, 0) is 32.4 Å². The largest absolute Gasteiger partial charge is 0.493 e. The number of para-hydroxylation sites is 2. The minimum absolute atomic E-state index is 0.188. The fraction of sp³-hybridized carbons (Fsp3) is 0.579. The minimum Gasteiger partial charge on any atom is -0.493 e. The zero-order valence-electron chi connectivity index (χ0n) is 15.4. The number of hydrogen-bond acceptors (Lipinski definition) is 5. The number of carbonyl (C=O) groups is 2. The van der Waals surface area contributed by atoms with Crippen molar-refractivity contribution in [3.63, 3.8) is 0 Å². The van der Waals surface area contributed by atoms with Gasteiger partial charge in [0, 0.05) is 25.6 Å². The highest BCUT2D eigenvalue weighted by Gasteiger charge is 2.56. The van der Waals surface area contributed by atoms with Crippen molar-refractivity contribution in [1.82, 2.24) is 4.90 Å². The zero-order valence-corrected chi connectivity index (χ0v) is 15.4. The summed E-state index contributed by atoms with van der Waals surface area (Å²) in [5.74, 6) is -0.275. The Bertz CT molecular complexity index is 703. The van der Waals surface area contributed by atoms with E-state index in [4.69, 9.17) is 14.2 Å². The van der Waals surface area contributed by atoms with Gasteiger partial charge in [0.15, 0.2) is 17.1 Å². The van der Waals surface area contributed by atoms with Crippen LogP contribution in [-0.2, 0) is 14.3 Å². The molecule has 0 aliphatic carbocycles. The molecule has 1 amide bonds. The second kappa shape index (κ2) is 6.79. The number of ether oxygens (including phenoxy) is 3. The third-order valence-electron chi connectivity index (χ3n) is 5.37. The number of carbonyl (C=O) groups excluding carboxylic acids is 1. The van der Waals surface area contributed by atoms with Crippen molar-refractivity contribution >= 4 is 11.9 Å². The first-order valence-electron chi connectivity index (χ1n) is 8.73. The van der Waals surface area contributed by atoms with Gasteiger partial charge in [0.1, 0.15) is 0 Å². The van der Waals surface area contributed by atoms with Gasteiger partial charge >= 0.3 is 5.97 Å². The summed E-state index contributed by atoms with van der Waals surface area (Å²) in [6.07, 6.45) is 0.421. The quantitative estimate of drug-likeness (QED) is 0.859. The molecule has 2 fully saturated rings. The van der Waals surface area contributed by atoms with Crippen molar-refractivity contribution in [2.24, 2.45) is 11.3 Å². The van der Waals surface area contributed by atoms with Crippen molar-refractivity contribution < 1.29 is 28.9 Å². The molecule has 2 aliphatic heterocycles. The molecule has 0 saturated carbocycles. The summed E-state index contributed by atoms with van der Waals surface area (Å²) in [6, 6.07) is 7.13. The highest BCUT2D eigenvalue weighted by atomic mass is 16.5. The first-order valence-corrected chi connectivity index (χ1v) is 8.73. The second-order valence-electron chi connectivity index (χ2n) is 7.43. The number of fused-ring (bicyclic) bond motifs is 1. The summed E-state index contributed by atoms with van der Waals surface area (Å²) in [6.45, 7) is 4.70. The molecule has 1 N–H and O–H groups in total. The Morgan fingerprint density at radius 2 is 2.00 bits per heavy atom. The summed E-state index contributed by atoms with van der Waals surface area (Å²) in [5, 5.41) is 9.76. The Morgan fingerprint density at radius 1 is 1.31 bits per heavy atom. The molecule has 2 aliphatic rings. The smallest absolute Gasteiger partial charge is 0.311 e. The Morgan fingerprint density at radius 3 is 2.62 bits per heavy atom. The van der Waals surface area contributed by atoms with Gasteiger partial charge in [-0.3, -0.25) is 9.59 Å². The summed E-state index contributed by atoms with van der Waals surface area (Å²) < 4.78 is 16.7. The van der Waals surface area contributed by atoms with E-state index in [2.05, 4.69) is 0 Å². The van der Waals surface area contributed by atoms with E-state index in [0.717, 1.165) is 0 Å². The molecule has 2 atom stereocenters. The lowest BCUT2D eigenvalue weighted by molar-refractivity contribution is -0.158. The predicted octanol–water partition coefficient (Wildman–Crippen LogP) is 1.80. The normalized spacial score (nSPS) is 25.5. The van der Waals surface area contributed by atoms with E-state index in [9.17, 15) is 14.7 Å². The number of rotatable bonds is 5. The van der Waals surface area contributed by atoms with Crippen LogP contribution in [0.2, 0.25) is 0 Å². The molecule has 0 unspecified atom stereocenters. The summed E-state index contributed by atoms with van der Waals surface area (Å²) in [5.41, 5.74) is -2.07. The van der Waals surface area contributed by atoms with Crippen LogP contribution in [-0.4, -0.2) is 60.9 Å². The summed E-state index contributed by atoms with van der Waals surface area (Å²) in [4.78, 5) is 26.6. The maximum Gasteiger partial charge on any atom is 0.311 e. The van der Waals surface area contributed by atoms with E-state index < -0.39 is 17.0 Å². The topological polar surface area (TPSA) is 85.3 Å². The van der Waals surface area contributed by atoms with Crippen molar-refractivity contribution in [3.8, 4) is 11.5 Å². The third-order valence-corrected chi connectivity index (χ3v) is 5.37. The number of amides is 1. The number of benzene rings is 1. The number of carboxylic acid groups (broad SMARTS) is 1. The SMILES string of the molecule is COc1ccccc1OC(C)(C)C(=O)N1C[C@@H]2COCC[C@]2(C(=O)O)C1. The van der Waals surface area contributed by atoms with Crippen molar-refractivity contribution in [1.29, 1.82) is 0 Å². The van der Waals surface area contributed by atoms with Crippen LogP contribution in [0.5, 0.6) is 11.5 Å². The minimum atomic E-state index is -1.15. The van der Waals surface area contributed by atoms with Gasteiger partial charge in [-0.1, -0.05) is 12.1 Å². The average molecular weight is 363 g/mol. The van der Waals surface area contributed by atoms with Crippen molar-refractivity contribution in [2.75, 3.05) is 33.4 Å². The zero-order chi connectivity index (χ0) is 18.9. The standard InChI is InChI=1S/C19H25NO6/c1-18(2,26-15-7-5-4-6-14(15)24-3)16(21)20-10-13-11-25-9-8-19(13,12-20)17(22)23/h4-7,13H,8-12H2,1-3H3,(H,22,23)/t13-,19+/m1/s1. The number of carboxylic acids is 1. The monoisotopic (exact) mass is 363 g/mol. The predicted molar refractivity (Wildman–Crippen MR) is 93.3 cm³/mol. The molecule has 7 heteroatoms. The maximum atomic E-state index is 13.1. The molecule has 1 aromatic rings. The molecule has 2 heterocycles. The van der Waals surface area contributed by atoms with Gasteiger partial charge in [-0.15, -0.1) is 0 Å². The molecule has 142 valence electrons. The van der Waals surface area contributed by atoms with Crippen LogP contribution in [0.4, 0.5) is 0 Å². The van der Waals surface area contributed by atoms with Crippen LogP contribution in [0.25, 0.3) is 0 Å². The van der Waals surface area contributed by atoms with Gasteiger partial charge in [0.2, 0.25) is 0 Å². The van der Waals surface area contributed by atoms with Gasteiger partial charge in [-0.25, -0.2) is 0 Å². The lowest BCUT2D eigenvalue weighted by Crippen LogP contribution is -2.49. The van der Waals surface area contributed by atoms with Crippen LogP contribution in [0.15, 0.2) is 24.3 Å². The molecule has 26 heavy (non-hydrogen) atoms. The number of aliphatic carboxylic acids is 1. The summed E-state index contributed by atoms with van der Waals surface area (Å²) >= 11 is 0. The van der Waals surface area contributed by atoms with Crippen LogP contribution in [0, 0.1) is 11.3 Å². The summed E-state index contributed by atoms with van der Waals surface area (Å²) in [7, 11) is 1.54. The first kappa shape index (κ1) is 18.5. The van der Waals surface area contributed by atoms with E-state index in [0.29, 0.717) is 37.7 Å².